The molecule has 1 amide bonds. The molecule has 0 aromatic heterocycles. The molecule has 0 aromatic carbocycles. The maximum Gasteiger partial charge on any atom is 0.414 e. The quantitative estimate of drug-likeness (QED) is 0.511. The van der Waals surface area contributed by atoms with Gasteiger partial charge in [0, 0.05) is 30.7 Å². The second kappa shape index (κ2) is 7.46. The molecule has 0 radical (unpaired) electrons. The Morgan fingerprint density at radius 3 is 2.03 bits per heavy atom. The second-order valence-corrected chi connectivity index (χ2v) is 9.87. The van der Waals surface area contributed by atoms with E-state index in [-0.39, 0.29) is 30.7 Å². The van der Waals surface area contributed by atoms with E-state index in [1.807, 2.05) is 0 Å². The molecule has 0 N–H and O–H groups in total. The fraction of sp³-hybridized carbons (Fsp3) is 0.714. The highest BCUT2D eigenvalue weighted by Crippen LogP contribution is 2.46. The molecule has 162 valence electrons. The lowest BCUT2D eigenvalue weighted by Crippen LogP contribution is -2.42. The first-order chi connectivity index (χ1) is 13.1. The van der Waals surface area contributed by atoms with E-state index in [1.165, 1.54) is 12.0 Å². The Balaban J connectivity index is 2.45. The van der Waals surface area contributed by atoms with Crippen LogP contribution in [0.5, 0.6) is 0 Å². The SMILES string of the molecule is COC(=O)C1CN(C(=O)OC(C)(C)C)C2=C1C(=O)CC(C)(C(=O)OC(C)(C)C)C2. The van der Waals surface area contributed by atoms with Crippen LogP contribution in [0.4, 0.5) is 4.79 Å². The van der Waals surface area contributed by atoms with Crippen LogP contribution in [0.3, 0.4) is 0 Å². The third-order valence-electron chi connectivity index (χ3n) is 4.75. The van der Waals surface area contributed by atoms with Crippen molar-refractivity contribution in [2.24, 2.45) is 11.3 Å². The van der Waals surface area contributed by atoms with Crippen molar-refractivity contribution in [3.8, 4) is 0 Å². The average Bonchev–Trinajstić information content (AvgIpc) is 2.90. The number of ether oxygens (including phenoxy) is 3. The number of esters is 2. The van der Waals surface area contributed by atoms with Crippen molar-refractivity contribution < 1.29 is 33.4 Å². The molecule has 0 aromatic rings. The van der Waals surface area contributed by atoms with Gasteiger partial charge in [0.15, 0.2) is 5.78 Å². The van der Waals surface area contributed by atoms with E-state index in [0.29, 0.717) is 5.70 Å². The van der Waals surface area contributed by atoms with Gasteiger partial charge in [0.1, 0.15) is 17.1 Å². The molecule has 0 saturated heterocycles. The summed E-state index contributed by atoms with van der Waals surface area (Å²) in [5.41, 5.74) is -2.06. The summed E-state index contributed by atoms with van der Waals surface area (Å²) in [6.45, 7) is 12.0. The number of carbonyl (C=O) groups is 4. The number of ketones is 1. The van der Waals surface area contributed by atoms with E-state index < -0.39 is 40.6 Å². The summed E-state index contributed by atoms with van der Waals surface area (Å²) in [6.07, 6.45) is -0.677. The van der Waals surface area contributed by atoms with Crippen molar-refractivity contribution >= 4 is 23.8 Å². The molecule has 1 heterocycles. The lowest BCUT2D eigenvalue weighted by atomic mass is 9.73. The minimum atomic E-state index is -1.14. The summed E-state index contributed by atoms with van der Waals surface area (Å²) in [5, 5.41) is 0. The first kappa shape index (κ1) is 22.9. The highest BCUT2D eigenvalue weighted by Gasteiger charge is 2.52. The number of Topliss-reactive ketones (excluding diaryl/α,β-unsaturated/α-hetero) is 1. The third-order valence-corrected chi connectivity index (χ3v) is 4.75. The van der Waals surface area contributed by atoms with Crippen molar-refractivity contribution in [2.45, 2.75) is 72.5 Å². The minimum Gasteiger partial charge on any atom is -0.468 e. The highest BCUT2D eigenvalue weighted by atomic mass is 16.6. The molecular weight excluding hydrogens is 378 g/mol. The predicted octanol–water partition coefficient (Wildman–Crippen LogP) is 2.99. The maximum atomic E-state index is 13.0. The van der Waals surface area contributed by atoms with Gasteiger partial charge < -0.3 is 14.2 Å². The Morgan fingerprint density at radius 2 is 1.55 bits per heavy atom. The summed E-state index contributed by atoms with van der Waals surface area (Å²) < 4.78 is 15.8. The van der Waals surface area contributed by atoms with Crippen LogP contribution in [-0.4, -0.2) is 53.6 Å². The van der Waals surface area contributed by atoms with Gasteiger partial charge in [0.2, 0.25) is 0 Å². The van der Waals surface area contributed by atoms with Crippen LogP contribution in [0.1, 0.15) is 61.3 Å². The number of hydrogen-bond acceptors (Lipinski definition) is 7. The number of carbonyl (C=O) groups excluding carboxylic acids is 4. The number of allylic oxidation sites excluding steroid dienone is 1. The van der Waals surface area contributed by atoms with Gasteiger partial charge in [-0.25, -0.2) is 4.79 Å². The van der Waals surface area contributed by atoms with Crippen LogP contribution >= 0.6 is 0 Å². The van der Waals surface area contributed by atoms with E-state index >= 15 is 0 Å². The molecule has 2 aliphatic rings. The van der Waals surface area contributed by atoms with Gasteiger partial charge in [-0.1, -0.05) is 0 Å². The summed E-state index contributed by atoms with van der Waals surface area (Å²) in [5.74, 6) is -2.37. The molecule has 1 aliphatic heterocycles. The van der Waals surface area contributed by atoms with Crippen molar-refractivity contribution in [1.29, 1.82) is 0 Å². The topological polar surface area (TPSA) is 99.2 Å². The maximum absolute atomic E-state index is 13.0. The van der Waals surface area contributed by atoms with Gasteiger partial charge in [-0.15, -0.1) is 0 Å². The fourth-order valence-electron chi connectivity index (χ4n) is 3.54. The highest BCUT2D eigenvalue weighted by molar-refractivity contribution is 6.06. The van der Waals surface area contributed by atoms with Crippen molar-refractivity contribution in [2.75, 3.05) is 13.7 Å². The van der Waals surface area contributed by atoms with E-state index in [9.17, 15) is 19.2 Å². The van der Waals surface area contributed by atoms with Crippen LogP contribution in [0.2, 0.25) is 0 Å². The van der Waals surface area contributed by atoms with Crippen LogP contribution < -0.4 is 0 Å². The van der Waals surface area contributed by atoms with Gasteiger partial charge >= 0.3 is 18.0 Å². The van der Waals surface area contributed by atoms with Gasteiger partial charge in [-0.3, -0.25) is 19.3 Å². The Kier molecular flexibility index (Phi) is 5.89. The van der Waals surface area contributed by atoms with Gasteiger partial charge in [-0.05, 0) is 48.5 Å². The molecule has 8 heteroatoms. The van der Waals surface area contributed by atoms with Gasteiger partial charge in [0.25, 0.3) is 0 Å². The number of hydrogen-bond donors (Lipinski definition) is 0. The van der Waals surface area contributed by atoms with Crippen LogP contribution in [0.15, 0.2) is 11.3 Å². The summed E-state index contributed by atoms with van der Waals surface area (Å²) in [7, 11) is 1.23. The van der Waals surface area contributed by atoms with Crippen molar-refractivity contribution in [3.05, 3.63) is 11.3 Å². The Hall–Kier alpha value is -2.38. The summed E-state index contributed by atoms with van der Waals surface area (Å²) in [6, 6.07) is 0. The molecule has 2 unspecified atom stereocenters. The number of nitrogens with zero attached hydrogens (tertiary/aromatic N) is 1. The first-order valence-corrected chi connectivity index (χ1v) is 9.66. The van der Waals surface area contributed by atoms with Crippen LogP contribution in [-0.2, 0) is 28.6 Å². The lowest BCUT2D eigenvalue weighted by Gasteiger charge is -2.36. The van der Waals surface area contributed by atoms with E-state index in [4.69, 9.17) is 14.2 Å². The number of rotatable bonds is 2. The average molecular weight is 409 g/mol. The lowest BCUT2D eigenvalue weighted by molar-refractivity contribution is -0.168. The Labute approximate surface area is 171 Å². The second-order valence-electron chi connectivity index (χ2n) is 9.87. The van der Waals surface area contributed by atoms with Crippen molar-refractivity contribution in [1.82, 2.24) is 4.90 Å². The van der Waals surface area contributed by atoms with Gasteiger partial charge in [0.05, 0.1) is 12.5 Å². The summed E-state index contributed by atoms with van der Waals surface area (Å²) in [4.78, 5) is 52.1. The van der Waals surface area contributed by atoms with Crippen LogP contribution in [0.25, 0.3) is 0 Å². The zero-order valence-electron chi connectivity index (χ0n) is 18.5. The zero-order valence-corrected chi connectivity index (χ0v) is 18.5. The molecule has 2 rings (SSSR count). The molecule has 0 bridgehead atoms. The van der Waals surface area contributed by atoms with E-state index in [1.54, 1.807) is 48.5 Å². The first-order valence-electron chi connectivity index (χ1n) is 9.66. The Morgan fingerprint density at radius 1 is 1.00 bits per heavy atom. The predicted molar refractivity (Wildman–Crippen MR) is 104 cm³/mol. The fourth-order valence-corrected chi connectivity index (χ4v) is 3.54. The molecule has 29 heavy (non-hydrogen) atoms. The largest absolute Gasteiger partial charge is 0.468 e. The van der Waals surface area contributed by atoms with Crippen molar-refractivity contribution in [3.63, 3.8) is 0 Å². The Bertz CT molecular complexity index is 769. The standard InChI is InChI=1S/C21H31NO7/c1-19(2,3)28-17(25)21(7)9-13-15(14(23)10-21)12(16(24)27-8)11-22(13)18(26)29-20(4,5)6/h12H,9-11H2,1-8H3. The van der Waals surface area contributed by atoms with Gasteiger partial charge in [-0.2, -0.15) is 0 Å². The monoisotopic (exact) mass is 409 g/mol. The molecule has 0 fully saturated rings. The molecular formula is C21H31NO7. The minimum absolute atomic E-state index is 0.0532. The van der Waals surface area contributed by atoms with E-state index in [2.05, 4.69) is 0 Å². The zero-order chi connectivity index (χ0) is 22.4. The number of amides is 1. The van der Waals surface area contributed by atoms with Crippen LogP contribution in [0, 0.1) is 11.3 Å². The van der Waals surface area contributed by atoms with E-state index in [0.717, 1.165) is 0 Å². The molecule has 2 atom stereocenters. The smallest absolute Gasteiger partial charge is 0.414 e. The molecule has 8 nitrogen and oxygen atoms in total. The third kappa shape index (κ3) is 4.97. The molecule has 1 aliphatic carbocycles. The molecule has 0 spiro atoms. The summed E-state index contributed by atoms with van der Waals surface area (Å²) >= 11 is 0. The number of methoxy groups -OCH3 is 1. The molecule has 0 saturated carbocycles. The normalized spacial score (nSPS) is 24.9.